The predicted octanol–water partition coefficient (Wildman–Crippen LogP) is 1.58. The third-order valence-electron chi connectivity index (χ3n) is 5.02. The molecule has 0 spiro atoms. The maximum Gasteiger partial charge on any atom is 0.310 e. The molecule has 2 aliphatic heterocycles. The number of carboxylic acid groups (broad SMARTS) is 1. The molecule has 2 atom stereocenters. The van der Waals surface area contributed by atoms with Crippen LogP contribution in [0.1, 0.15) is 36.0 Å². The Kier molecular flexibility index (Phi) is 5.04. The second kappa shape index (κ2) is 7.21. The fourth-order valence-electron chi connectivity index (χ4n) is 3.52. The van der Waals surface area contributed by atoms with E-state index in [1.807, 2.05) is 24.3 Å². The Balaban J connectivity index is 1.67. The molecule has 0 saturated carbocycles. The quantitative estimate of drug-likeness (QED) is 0.878. The Morgan fingerprint density at radius 3 is 2.29 bits per heavy atom. The fourth-order valence-corrected chi connectivity index (χ4v) is 3.52. The Bertz CT molecular complexity index is 596. The van der Waals surface area contributed by atoms with Crippen LogP contribution in [-0.4, -0.2) is 59.3 Å². The second-order valence-corrected chi connectivity index (χ2v) is 6.65. The number of piperidine rings is 2. The standard InChI is InChI=1S/C18H24N2O4/c21-16-8-11-20(12-15(16)18(23)24)17(22)13-4-6-14(7-5-13)19-9-2-1-3-10-19/h4-7,15-16,21H,1-3,8-12H2,(H,23,24)/t15-,16+/m1/s1. The van der Waals surface area contributed by atoms with Gasteiger partial charge in [-0.25, -0.2) is 0 Å². The van der Waals surface area contributed by atoms with E-state index in [9.17, 15) is 14.7 Å². The van der Waals surface area contributed by atoms with E-state index in [4.69, 9.17) is 5.11 Å². The third kappa shape index (κ3) is 3.53. The number of amides is 1. The van der Waals surface area contributed by atoms with Crippen molar-refractivity contribution in [2.45, 2.75) is 31.8 Å². The Morgan fingerprint density at radius 2 is 1.67 bits per heavy atom. The molecule has 0 aliphatic carbocycles. The van der Waals surface area contributed by atoms with Gasteiger partial charge in [-0.2, -0.15) is 0 Å². The fraction of sp³-hybridized carbons (Fsp3) is 0.556. The number of hydrogen-bond donors (Lipinski definition) is 2. The van der Waals surface area contributed by atoms with Crippen LogP contribution in [0.3, 0.4) is 0 Å². The number of carbonyl (C=O) groups is 2. The summed E-state index contributed by atoms with van der Waals surface area (Å²) in [6.07, 6.45) is 3.10. The first-order valence-electron chi connectivity index (χ1n) is 8.61. The topological polar surface area (TPSA) is 81.1 Å². The number of carbonyl (C=O) groups excluding carboxylic acids is 1. The zero-order valence-electron chi connectivity index (χ0n) is 13.7. The number of benzene rings is 1. The average Bonchev–Trinajstić information content (AvgIpc) is 2.62. The summed E-state index contributed by atoms with van der Waals surface area (Å²) in [6, 6.07) is 7.55. The molecule has 1 aromatic carbocycles. The summed E-state index contributed by atoms with van der Waals surface area (Å²) in [5, 5.41) is 18.9. The summed E-state index contributed by atoms with van der Waals surface area (Å²) >= 11 is 0. The molecule has 3 rings (SSSR count). The van der Waals surface area contributed by atoms with Gasteiger partial charge in [0.25, 0.3) is 5.91 Å². The van der Waals surface area contributed by atoms with Crippen LogP contribution < -0.4 is 4.90 Å². The van der Waals surface area contributed by atoms with E-state index in [-0.39, 0.29) is 12.5 Å². The molecule has 0 bridgehead atoms. The van der Waals surface area contributed by atoms with Gasteiger partial charge in [-0.1, -0.05) is 0 Å². The first-order chi connectivity index (χ1) is 11.6. The van der Waals surface area contributed by atoms with Gasteiger partial charge >= 0.3 is 5.97 Å². The van der Waals surface area contributed by atoms with Gasteiger partial charge in [0.05, 0.1) is 6.10 Å². The van der Waals surface area contributed by atoms with Crippen LogP contribution in [0.15, 0.2) is 24.3 Å². The summed E-state index contributed by atoms with van der Waals surface area (Å²) in [4.78, 5) is 27.6. The molecule has 6 nitrogen and oxygen atoms in total. The second-order valence-electron chi connectivity index (χ2n) is 6.65. The van der Waals surface area contributed by atoms with Crippen molar-refractivity contribution in [3.8, 4) is 0 Å². The number of aliphatic hydroxyl groups is 1. The summed E-state index contributed by atoms with van der Waals surface area (Å²) < 4.78 is 0. The molecule has 2 fully saturated rings. The van der Waals surface area contributed by atoms with Crippen molar-refractivity contribution in [3.63, 3.8) is 0 Å². The molecule has 2 N–H and O–H groups in total. The van der Waals surface area contributed by atoms with Crippen molar-refractivity contribution in [1.29, 1.82) is 0 Å². The van der Waals surface area contributed by atoms with Crippen molar-refractivity contribution < 1.29 is 19.8 Å². The van der Waals surface area contributed by atoms with Crippen molar-refractivity contribution in [1.82, 2.24) is 4.90 Å². The number of rotatable bonds is 3. The summed E-state index contributed by atoms with van der Waals surface area (Å²) in [5.74, 6) is -2.13. The Hall–Kier alpha value is -2.08. The monoisotopic (exact) mass is 332 g/mol. The number of likely N-dealkylation sites (tertiary alicyclic amines) is 1. The number of aliphatic carboxylic acids is 1. The van der Waals surface area contributed by atoms with E-state index < -0.39 is 18.0 Å². The zero-order valence-corrected chi connectivity index (χ0v) is 13.7. The van der Waals surface area contributed by atoms with Crippen molar-refractivity contribution in [2.75, 3.05) is 31.1 Å². The molecule has 1 aromatic rings. The normalized spacial score (nSPS) is 24.7. The molecule has 2 heterocycles. The van der Waals surface area contributed by atoms with Crippen molar-refractivity contribution >= 4 is 17.6 Å². The van der Waals surface area contributed by atoms with E-state index in [2.05, 4.69) is 4.90 Å². The van der Waals surface area contributed by atoms with Gasteiger partial charge in [-0.05, 0) is 49.9 Å². The van der Waals surface area contributed by atoms with Crippen LogP contribution in [0.2, 0.25) is 0 Å². The minimum Gasteiger partial charge on any atom is -0.481 e. The molecule has 0 unspecified atom stereocenters. The molecule has 6 heteroatoms. The molecule has 24 heavy (non-hydrogen) atoms. The molecule has 2 aliphatic rings. The van der Waals surface area contributed by atoms with E-state index in [1.54, 1.807) is 0 Å². The predicted molar refractivity (Wildman–Crippen MR) is 90.2 cm³/mol. The van der Waals surface area contributed by atoms with E-state index in [0.29, 0.717) is 18.5 Å². The summed E-state index contributed by atoms with van der Waals surface area (Å²) in [5.41, 5.74) is 1.69. The Labute approximate surface area is 141 Å². The molecule has 0 aromatic heterocycles. The van der Waals surface area contributed by atoms with E-state index >= 15 is 0 Å². The minimum atomic E-state index is -1.06. The maximum absolute atomic E-state index is 12.6. The lowest BCUT2D eigenvalue weighted by Crippen LogP contribution is -2.48. The summed E-state index contributed by atoms with van der Waals surface area (Å²) in [7, 11) is 0. The zero-order chi connectivity index (χ0) is 17.1. The number of carboxylic acids is 1. The van der Waals surface area contributed by atoms with Gasteiger partial charge in [-0.3, -0.25) is 9.59 Å². The number of aliphatic hydroxyl groups excluding tert-OH is 1. The third-order valence-corrected chi connectivity index (χ3v) is 5.02. The van der Waals surface area contributed by atoms with Gasteiger partial charge < -0.3 is 20.0 Å². The van der Waals surface area contributed by atoms with Gasteiger partial charge in [0.15, 0.2) is 0 Å². The number of hydrogen-bond acceptors (Lipinski definition) is 4. The van der Waals surface area contributed by atoms with E-state index in [0.717, 1.165) is 18.8 Å². The van der Waals surface area contributed by atoms with Crippen molar-refractivity contribution in [2.24, 2.45) is 5.92 Å². The highest BCUT2D eigenvalue weighted by molar-refractivity contribution is 5.95. The molecule has 2 saturated heterocycles. The van der Waals surface area contributed by atoms with Crippen LogP contribution in [0.4, 0.5) is 5.69 Å². The SMILES string of the molecule is O=C(O)[C@@H]1CN(C(=O)c2ccc(N3CCCCC3)cc2)CC[C@@H]1O. The minimum absolute atomic E-state index is 0.0587. The highest BCUT2D eigenvalue weighted by Gasteiger charge is 2.35. The van der Waals surface area contributed by atoms with Crippen LogP contribution >= 0.6 is 0 Å². The summed E-state index contributed by atoms with van der Waals surface area (Å²) in [6.45, 7) is 2.55. The largest absolute Gasteiger partial charge is 0.481 e. The Morgan fingerprint density at radius 1 is 1.00 bits per heavy atom. The number of nitrogens with zero attached hydrogens (tertiary/aromatic N) is 2. The molecule has 1 amide bonds. The first kappa shape index (κ1) is 16.8. The van der Waals surface area contributed by atoms with Crippen molar-refractivity contribution in [3.05, 3.63) is 29.8 Å². The molecular formula is C18H24N2O4. The lowest BCUT2D eigenvalue weighted by molar-refractivity contribution is -0.148. The van der Waals surface area contributed by atoms with Gasteiger partial charge in [0, 0.05) is 37.4 Å². The highest BCUT2D eigenvalue weighted by Crippen LogP contribution is 2.23. The number of anilines is 1. The van der Waals surface area contributed by atoms with E-state index in [1.165, 1.54) is 24.2 Å². The maximum atomic E-state index is 12.6. The first-order valence-corrected chi connectivity index (χ1v) is 8.61. The van der Waals surface area contributed by atoms with Crippen LogP contribution in [-0.2, 0) is 4.79 Å². The van der Waals surface area contributed by atoms with Gasteiger partial charge in [-0.15, -0.1) is 0 Å². The van der Waals surface area contributed by atoms with Gasteiger partial charge in [0.2, 0.25) is 0 Å². The van der Waals surface area contributed by atoms with Crippen LogP contribution in [0.25, 0.3) is 0 Å². The lowest BCUT2D eigenvalue weighted by atomic mass is 9.94. The van der Waals surface area contributed by atoms with Crippen LogP contribution in [0, 0.1) is 5.92 Å². The highest BCUT2D eigenvalue weighted by atomic mass is 16.4. The lowest BCUT2D eigenvalue weighted by Gasteiger charge is -2.34. The molecule has 130 valence electrons. The van der Waals surface area contributed by atoms with Crippen LogP contribution in [0.5, 0.6) is 0 Å². The average molecular weight is 332 g/mol. The smallest absolute Gasteiger partial charge is 0.310 e. The molecular weight excluding hydrogens is 308 g/mol. The molecule has 0 radical (unpaired) electrons. The van der Waals surface area contributed by atoms with Gasteiger partial charge in [0.1, 0.15) is 5.92 Å².